The lowest BCUT2D eigenvalue weighted by Crippen LogP contribution is -2.20. The van der Waals surface area contributed by atoms with Crippen LogP contribution >= 0.6 is 0 Å². The van der Waals surface area contributed by atoms with Crippen LogP contribution in [-0.2, 0) is 6.54 Å². The first kappa shape index (κ1) is 15.6. The minimum atomic E-state index is -0.0917. The SMILES string of the molecule is COc1ccc(OCC#CCn2cnc3ccccc3c2=O)cc1. The second kappa shape index (κ2) is 7.34. The van der Waals surface area contributed by atoms with E-state index in [0.29, 0.717) is 10.9 Å². The quantitative estimate of drug-likeness (QED) is 0.693. The van der Waals surface area contributed by atoms with Gasteiger partial charge in [-0.1, -0.05) is 24.0 Å². The van der Waals surface area contributed by atoms with E-state index >= 15 is 0 Å². The van der Waals surface area contributed by atoms with Gasteiger partial charge in [-0.05, 0) is 36.4 Å². The summed E-state index contributed by atoms with van der Waals surface area (Å²) in [5.74, 6) is 7.31. The molecule has 1 aromatic heterocycles. The average Bonchev–Trinajstić information content (AvgIpc) is 2.64. The summed E-state index contributed by atoms with van der Waals surface area (Å²) in [5.41, 5.74) is 0.598. The van der Waals surface area contributed by atoms with Crippen LogP contribution in [0.4, 0.5) is 0 Å². The van der Waals surface area contributed by atoms with Crippen LogP contribution in [0.3, 0.4) is 0 Å². The lowest BCUT2D eigenvalue weighted by molar-refractivity contribution is 0.367. The summed E-state index contributed by atoms with van der Waals surface area (Å²) < 4.78 is 12.1. The highest BCUT2D eigenvalue weighted by molar-refractivity contribution is 5.76. The summed E-state index contributed by atoms with van der Waals surface area (Å²) in [6.45, 7) is 0.532. The summed E-state index contributed by atoms with van der Waals surface area (Å²) in [5, 5.41) is 0.594. The zero-order valence-electron chi connectivity index (χ0n) is 13.2. The maximum absolute atomic E-state index is 12.3. The molecule has 3 rings (SSSR count). The molecule has 2 aromatic carbocycles. The van der Waals surface area contributed by atoms with E-state index in [9.17, 15) is 4.79 Å². The molecule has 0 radical (unpaired) electrons. The Hall–Kier alpha value is -3.26. The van der Waals surface area contributed by atoms with Crippen LogP contribution in [-0.4, -0.2) is 23.3 Å². The molecular weight excluding hydrogens is 304 g/mol. The number of hydrogen-bond acceptors (Lipinski definition) is 4. The second-order valence-corrected chi connectivity index (χ2v) is 5.01. The van der Waals surface area contributed by atoms with Crippen molar-refractivity contribution >= 4 is 10.9 Å². The minimum Gasteiger partial charge on any atom is -0.497 e. The Morgan fingerprint density at radius 3 is 2.58 bits per heavy atom. The van der Waals surface area contributed by atoms with E-state index in [4.69, 9.17) is 9.47 Å². The predicted octanol–water partition coefficient (Wildman–Crippen LogP) is 2.49. The molecule has 120 valence electrons. The van der Waals surface area contributed by atoms with Crippen LogP contribution < -0.4 is 15.0 Å². The van der Waals surface area contributed by atoms with Crippen molar-refractivity contribution in [1.82, 2.24) is 9.55 Å². The summed E-state index contributed by atoms with van der Waals surface area (Å²) in [6.07, 6.45) is 1.52. The molecule has 0 unspecified atom stereocenters. The van der Waals surface area contributed by atoms with E-state index in [-0.39, 0.29) is 18.7 Å². The van der Waals surface area contributed by atoms with Gasteiger partial charge in [-0.2, -0.15) is 0 Å². The first-order valence-corrected chi connectivity index (χ1v) is 7.44. The molecule has 0 amide bonds. The van der Waals surface area contributed by atoms with Crippen LogP contribution in [0.5, 0.6) is 11.5 Å². The van der Waals surface area contributed by atoms with Gasteiger partial charge in [0.15, 0.2) is 0 Å². The van der Waals surface area contributed by atoms with Crippen LogP contribution in [0.1, 0.15) is 0 Å². The molecule has 0 spiro atoms. The highest BCUT2D eigenvalue weighted by Gasteiger charge is 2.01. The summed E-state index contributed by atoms with van der Waals surface area (Å²) >= 11 is 0. The first-order valence-electron chi connectivity index (χ1n) is 7.44. The number of nitrogens with zero attached hydrogens (tertiary/aromatic N) is 2. The van der Waals surface area contributed by atoms with Gasteiger partial charge in [0.05, 0.1) is 30.9 Å². The largest absolute Gasteiger partial charge is 0.497 e. The molecule has 0 saturated heterocycles. The molecule has 5 nitrogen and oxygen atoms in total. The first-order chi connectivity index (χ1) is 11.8. The van der Waals surface area contributed by atoms with Gasteiger partial charge < -0.3 is 9.47 Å². The number of hydrogen-bond donors (Lipinski definition) is 0. The summed E-state index contributed by atoms with van der Waals surface area (Å²) in [7, 11) is 1.62. The predicted molar refractivity (Wildman–Crippen MR) is 92.3 cm³/mol. The van der Waals surface area contributed by atoms with Crippen molar-refractivity contribution < 1.29 is 9.47 Å². The molecule has 1 heterocycles. The Labute approximate surface area is 139 Å². The molecule has 0 aliphatic carbocycles. The Morgan fingerprint density at radius 2 is 1.79 bits per heavy atom. The van der Waals surface area contributed by atoms with Gasteiger partial charge >= 0.3 is 0 Å². The molecule has 0 saturated carbocycles. The van der Waals surface area contributed by atoms with Crippen molar-refractivity contribution in [3.05, 3.63) is 65.2 Å². The Morgan fingerprint density at radius 1 is 1.04 bits per heavy atom. The van der Waals surface area contributed by atoms with Crippen LogP contribution in [0.25, 0.3) is 10.9 Å². The molecular formula is C19H16N2O3. The van der Waals surface area contributed by atoms with Crippen molar-refractivity contribution in [3.8, 4) is 23.3 Å². The van der Waals surface area contributed by atoms with Crippen LogP contribution in [0.2, 0.25) is 0 Å². The standard InChI is InChI=1S/C19H16N2O3/c1-23-15-8-10-16(11-9-15)24-13-5-4-12-21-14-20-18-7-3-2-6-17(18)19(21)22/h2-3,6-11,14H,12-13H2,1H3. The fraction of sp³-hybridized carbons (Fsp3) is 0.158. The number of ether oxygens (including phenoxy) is 2. The monoisotopic (exact) mass is 320 g/mol. The Kier molecular flexibility index (Phi) is 4.78. The molecule has 0 N–H and O–H groups in total. The van der Waals surface area contributed by atoms with Gasteiger partial charge in [-0.25, -0.2) is 4.98 Å². The van der Waals surface area contributed by atoms with E-state index in [1.807, 2.05) is 42.5 Å². The zero-order chi connectivity index (χ0) is 16.8. The van der Waals surface area contributed by atoms with Gasteiger partial charge in [0, 0.05) is 0 Å². The third-order valence-corrected chi connectivity index (χ3v) is 3.48. The second-order valence-electron chi connectivity index (χ2n) is 5.01. The molecule has 0 aliphatic heterocycles. The third kappa shape index (κ3) is 3.55. The van der Waals surface area contributed by atoms with E-state index in [1.165, 1.54) is 10.9 Å². The van der Waals surface area contributed by atoms with Crippen molar-refractivity contribution in [3.63, 3.8) is 0 Å². The minimum absolute atomic E-state index is 0.0917. The number of benzene rings is 2. The number of para-hydroxylation sites is 1. The topological polar surface area (TPSA) is 53.4 Å². The van der Waals surface area contributed by atoms with Gasteiger partial charge in [0.1, 0.15) is 18.1 Å². The highest BCUT2D eigenvalue weighted by Crippen LogP contribution is 2.16. The fourth-order valence-electron chi connectivity index (χ4n) is 2.20. The van der Waals surface area contributed by atoms with Gasteiger partial charge in [-0.3, -0.25) is 9.36 Å². The Balaban J connectivity index is 1.61. The molecule has 0 fully saturated rings. The third-order valence-electron chi connectivity index (χ3n) is 3.48. The maximum Gasteiger partial charge on any atom is 0.262 e. The van der Waals surface area contributed by atoms with Crippen LogP contribution in [0, 0.1) is 11.8 Å². The molecule has 24 heavy (non-hydrogen) atoms. The van der Waals surface area contributed by atoms with E-state index < -0.39 is 0 Å². The Bertz CT molecular complexity index is 950. The fourth-order valence-corrected chi connectivity index (χ4v) is 2.20. The smallest absolute Gasteiger partial charge is 0.262 e. The van der Waals surface area contributed by atoms with Crippen molar-refractivity contribution in [2.75, 3.05) is 13.7 Å². The van der Waals surface area contributed by atoms with Crippen molar-refractivity contribution in [2.24, 2.45) is 0 Å². The van der Waals surface area contributed by atoms with Gasteiger partial charge in [-0.15, -0.1) is 0 Å². The number of fused-ring (bicyclic) bond motifs is 1. The lowest BCUT2D eigenvalue weighted by Gasteiger charge is -2.03. The van der Waals surface area contributed by atoms with Gasteiger partial charge in [0.25, 0.3) is 5.56 Å². The van der Waals surface area contributed by atoms with Crippen molar-refractivity contribution in [2.45, 2.75) is 6.54 Å². The average molecular weight is 320 g/mol. The molecule has 5 heteroatoms. The highest BCUT2D eigenvalue weighted by atomic mass is 16.5. The van der Waals surface area contributed by atoms with Crippen LogP contribution in [0.15, 0.2) is 59.7 Å². The van der Waals surface area contributed by atoms with E-state index in [0.717, 1.165) is 11.5 Å². The van der Waals surface area contributed by atoms with Crippen molar-refractivity contribution in [1.29, 1.82) is 0 Å². The normalized spacial score (nSPS) is 10.0. The zero-order valence-corrected chi connectivity index (χ0v) is 13.2. The van der Waals surface area contributed by atoms with E-state index in [2.05, 4.69) is 16.8 Å². The van der Waals surface area contributed by atoms with Gasteiger partial charge in [0.2, 0.25) is 0 Å². The number of methoxy groups -OCH3 is 1. The number of aromatic nitrogens is 2. The molecule has 3 aromatic rings. The molecule has 0 atom stereocenters. The lowest BCUT2D eigenvalue weighted by atomic mass is 10.2. The van der Waals surface area contributed by atoms with E-state index in [1.54, 1.807) is 13.2 Å². The summed E-state index contributed by atoms with van der Waals surface area (Å²) in [6, 6.07) is 14.5. The maximum atomic E-state index is 12.3. The number of rotatable bonds is 4. The molecule has 0 bridgehead atoms. The molecule has 0 aliphatic rings. The summed E-state index contributed by atoms with van der Waals surface area (Å²) in [4.78, 5) is 16.5.